The van der Waals surface area contributed by atoms with Crippen molar-refractivity contribution >= 4 is 50.5 Å². The molecule has 0 unspecified atom stereocenters. The molecule has 0 aliphatic carbocycles. The minimum atomic E-state index is -3.81. The smallest absolute Gasteiger partial charge is 0.123 e. The summed E-state index contributed by atoms with van der Waals surface area (Å²) in [6.07, 6.45) is 0. The van der Waals surface area contributed by atoms with Crippen LogP contribution in [0.25, 0.3) is 4.72 Å². The molecule has 0 atom stereocenters. The van der Waals surface area contributed by atoms with Crippen molar-refractivity contribution in [3.8, 4) is 0 Å². The van der Waals surface area contributed by atoms with Crippen LogP contribution in [0.4, 0.5) is 5.69 Å². The quantitative estimate of drug-likeness (QED) is 0.788. The molecule has 0 fully saturated rings. The highest BCUT2D eigenvalue weighted by atomic mass is 35.5. The number of benzene rings is 2. The van der Waals surface area contributed by atoms with Crippen molar-refractivity contribution in [3.05, 3.63) is 62.3 Å². The number of rotatable bonds is 3. The fourth-order valence-corrected chi connectivity index (χ4v) is 3.00. The molecule has 0 aromatic heterocycles. The van der Waals surface area contributed by atoms with Gasteiger partial charge < -0.3 is 4.72 Å². The van der Waals surface area contributed by atoms with Gasteiger partial charge in [0.1, 0.15) is 10.0 Å². The SMILES string of the molecule is O=S(=O)([N-]c1cc(Cl)cc(Cl)c1)c1ccc(Cl)cc1. The third-order valence-corrected chi connectivity index (χ3v) is 4.19. The molecule has 0 radical (unpaired) electrons. The number of hydrogen-bond acceptors (Lipinski definition) is 2. The van der Waals surface area contributed by atoms with E-state index in [1.54, 1.807) is 0 Å². The van der Waals surface area contributed by atoms with Crippen molar-refractivity contribution in [1.29, 1.82) is 0 Å². The summed E-state index contributed by atoms with van der Waals surface area (Å²) in [5, 5.41) is 1.08. The lowest BCUT2D eigenvalue weighted by atomic mass is 10.3. The normalized spacial score (nSPS) is 11.3. The molecule has 19 heavy (non-hydrogen) atoms. The van der Waals surface area contributed by atoms with Crippen LogP contribution < -0.4 is 0 Å². The van der Waals surface area contributed by atoms with E-state index in [-0.39, 0.29) is 10.6 Å². The van der Waals surface area contributed by atoms with Crippen LogP contribution in [-0.2, 0) is 10.0 Å². The summed E-state index contributed by atoms with van der Waals surface area (Å²) in [4.78, 5) is 0.0491. The Hall–Kier alpha value is -0.940. The van der Waals surface area contributed by atoms with Gasteiger partial charge in [0.15, 0.2) is 0 Å². The predicted octanol–water partition coefficient (Wildman–Crippen LogP) is 5.04. The molecule has 2 aromatic rings. The van der Waals surface area contributed by atoms with Gasteiger partial charge in [-0.15, -0.1) is 5.69 Å². The van der Waals surface area contributed by atoms with E-state index in [0.29, 0.717) is 15.1 Å². The third-order valence-electron chi connectivity index (χ3n) is 2.18. The van der Waals surface area contributed by atoms with E-state index in [1.807, 2.05) is 0 Å². The monoisotopic (exact) mass is 334 g/mol. The van der Waals surface area contributed by atoms with Crippen LogP contribution in [0.2, 0.25) is 15.1 Å². The van der Waals surface area contributed by atoms with Gasteiger partial charge in [0.25, 0.3) is 0 Å². The van der Waals surface area contributed by atoms with Crippen LogP contribution >= 0.6 is 34.8 Å². The highest BCUT2D eigenvalue weighted by Gasteiger charge is 2.05. The Labute approximate surface area is 126 Å². The van der Waals surface area contributed by atoms with Crippen LogP contribution in [0, 0.1) is 0 Å². The van der Waals surface area contributed by atoms with Gasteiger partial charge >= 0.3 is 0 Å². The molecule has 0 N–H and O–H groups in total. The molecule has 0 amide bonds. The van der Waals surface area contributed by atoms with Gasteiger partial charge in [0.2, 0.25) is 0 Å². The van der Waals surface area contributed by atoms with Crippen LogP contribution in [0.5, 0.6) is 0 Å². The second-order valence-corrected chi connectivity index (χ2v) is 6.56. The number of hydrogen-bond donors (Lipinski definition) is 0. The lowest BCUT2D eigenvalue weighted by molar-refractivity contribution is 0.603. The van der Waals surface area contributed by atoms with Gasteiger partial charge in [-0.25, -0.2) is 8.42 Å². The summed E-state index contributed by atoms with van der Waals surface area (Å²) in [5.74, 6) is 0. The Balaban J connectivity index is 2.33. The minimum Gasteiger partial charge on any atom is -0.573 e. The van der Waals surface area contributed by atoms with Crippen molar-refractivity contribution in [2.75, 3.05) is 0 Å². The summed E-state index contributed by atoms with van der Waals surface area (Å²) in [7, 11) is -3.81. The zero-order valence-electron chi connectivity index (χ0n) is 9.35. The number of nitrogens with zero attached hydrogens (tertiary/aromatic N) is 1. The van der Waals surface area contributed by atoms with Gasteiger partial charge in [-0.05, 0) is 30.3 Å². The predicted molar refractivity (Wildman–Crippen MR) is 78.1 cm³/mol. The Bertz CT molecular complexity index is 679. The van der Waals surface area contributed by atoms with Crippen molar-refractivity contribution in [1.82, 2.24) is 0 Å². The topological polar surface area (TPSA) is 48.2 Å². The molecule has 2 aromatic carbocycles. The highest BCUT2D eigenvalue weighted by molar-refractivity contribution is 7.94. The number of sulfonamides is 1. The number of halogens is 3. The van der Waals surface area contributed by atoms with Gasteiger partial charge in [-0.1, -0.05) is 46.9 Å². The van der Waals surface area contributed by atoms with Crippen molar-refractivity contribution in [3.63, 3.8) is 0 Å². The summed E-state index contributed by atoms with van der Waals surface area (Å²) in [6.45, 7) is 0. The van der Waals surface area contributed by atoms with Crippen molar-refractivity contribution in [2.24, 2.45) is 0 Å². The molecule has 0 aliphatic heterocycles. The average molecular weight is 336 g/mol. The maximum atomic E-state index is 12.0. The zero-order valence-corrected chi connectivity index (χ0v) is 12.4. The molecule has 7 heteroatoms. The minimum absolute atomic E-state index is 0.0491. The lowest BCUT2D eigenvalue weighted by Crippen LogP contribution is -1.97. The summed E-state index contributed by atoms with van der Waals surface area (Å²) in [5.41, 5.74) is 0.174. The molecule has 0 aliphatic rings. The second kappa shape index (κ2) is 5.59. The van der Waals surface area contributed by atoms with Crippen molar-refractivity contribution in [2.45, 2.75) is 4.90 Å². The Kier molecular flexibility index (Phi) is 4.26. The van der Waals surface area contributed by atoms with E-state index in [1.165, 1.54) is 42.5 Å². The molecular weight excluding hydrogens is 329 g/mol. The van der Waals surface area contributed by atoms with E-state index in [4.69, 9.17) is 34.8 Å². The molecule has 0 bridgehead atoms. The molecular formula is C12H7Cl3NO2S-. The second-order valence-electron chi connectivity index (χ2n) is 3.65. The van der Waals surface area contributed by atoms with E-state index in [9.17, 15) is 8.42 Å². The first-order valence-electron chi connectivity index (χ1n) is 5.06. The molecule has 3 nitrogen and oxygen atoms in total. The van der Waals surface area contributed by atoms with Gasteiger partial charge in [-0.3, -0.25) is 0 Å². The first-order chi connectivity index (χ1) is 8.87. The summed E-state index contributed by atoms with van der Waals surface area (Å²) in [6, 6.07) is 10.1. The Morgan fingerprint density at radius 1 is 0.789 bits per heavy atom. The molecule has 100 valence electrons. The Morgan fingerprint density at radius 2 is 1.32 bits per heavy atom. The lowest BCUT2D eigenvalue weighted by Gasteiger charge is -2.22. The largest absolute Gasteiger partial charge is 0.573 e. The fourth-order valence-electron chi connectivity index (χ4n) is 1.39. The standard InChI is InChI=1S/C12H7Cl3NO2S/c13-8-1-3-12(4-2-8)19(17,18)16-11-6-9(14)5-10(15)7-11/h1-7H/q-1. The van der Waals surface area contributed by atoms with E-state index in [0.717, 1.165) is 0 Å². The maximum absolute atomic E-state index is 12.0. The molecule has 0 spiro atoms. The maximum Gasteiger partial charge on any atom is 0.123 e. The first kappa shape index (κ1) is 14.5. The first-order valence-corrected chi connectivity index (χ1v) is 7.64. The van der Waals surface area contributed by atoms with E-state index < -0.39 is 10.0 Å². The fraction of sp³-hybridized carbons (Fsp3) is 0. The van der Waals surface area contributed by atoms with Crippen LogP contribution in [-0.4, -0.2) is 8.42 Å². The van der Waals surface area contributed by atoms with E-state index in [2.05, 4.69) is 4.72 Å². The van der Waals surface area contributed by atoms with Gasteiger partial charge in [0, 0.05) is 15.1 Å². The summed E-state index contributed by atoms with van der Waals surface area (Å²) >= 11 is 17.3. The molecule has 0 heterocycles. The van der Waals surface area contributed by atoms with Crippen molar-refractivity contribution < 1.29 is 8.42 Å². The Morgan fingerprint density at radius 3 is 1.84 bits per heavy atom. The zero-order chi connectivity index (χ0) is 14.0. The van der Waals surface area contributed by atoms with Gasteiger partial charge in [-0.2, -0.15) is 0 Å². The molecule has 0 saturated heterocycles. The summed E-state index contributed by atoms with van der Waals surface area (Å²) < 4.78 is 27.8. The van der Waals surface area contributed by atoms with Crippen LogP contribution in [0.3, 0.4) is 0 Å². The van der Waals surface area contributed by atoms with Crippen LogP contribution in [0.1, 0.15) is 0 Å². The highest BCUT2D eigenvalue weighted by Crippen LogP contribution is 2.32. The van der Waals surface area contributed by atoms with Gasteiger partial charge in [0.05, 0.1) is 4.90 Å². The van der Waals surface area contributed by atoms with Crippen LogP contribution in [0.15, 0.2) is 47.4 Å². The third kappa shape index (κ3) is 3.76. The molecule has 0 saturated carbocycles. The van der Waals surface area contributed by atoms with E-state index >= 15 is 0 Å². The average Bonchev–Trinajstić information content (AvgIpc) is 2.27. The molecule has 2 rings (SSSR count).